The summed E-state index contributed by atoms with van der Waals surface area (Å²) in [5, 5.41) is 21.5. The van der Waals surface area contributed by atoms with Gasteiger partial charge in [-0.15, -0.1) is 0 Å². The van der Waals surface area contributed by atoms with Crippen molar-refractivity contribution in [3.8, 4) is 0 Å². The molecule has 2 N–H and O–H groups in total. The van der Waals surface area contributed by atoms with Crippen molar-refractivity contribution in [1.82, 2.24) is 4.90 Å². The van der Waals surface area contributed by atoms with E-state index in [0.717, 1.165) is 5.56 Å². The molecule has 1 spiro atoms. The van der Waals surface area contributed by atoms with Crippen molar-refractivity contribution in [3.63, 3.8) is 0 Å². The number of nitrogens with zero attached hydrogens (tertiary/aromatic N) is 1. The second-order valence-electron chi connectivity index (χ2n) is 7.17. The molecule has 1 aromatic carbocycles. The molecule has 2 fully saturated rings. The summed E-state index contributed by atoms with van der Waals surface area (Å²) in [4.78, 5) is 14.5. The summed E-state index contributed by atoms with van der Waals surface area (Å²) in [6.07, 6.45) is 0.516. The Morgan fingerprint density at radius 1 is 1.33 bits per heavy atom. The highest BCUT2D eigenvalue weighted by molar-refractivity contribution is 6.30. The predicted molar refractivity (Wildman–Crippen MR) is 91.3 cm³/mol. The monoisotopic (exact) mass is 353 g/mol. The average Bonchev–Trinajstić information content (AvgIpc) is 2.53. The number of aryl methyl sites for hydroxylation is 1. The van der Waals surface area contributed by atoms with Crippen molar-refractivity contribution in [2.24, 2.45) is 0 Å². The van der Waals surface area contributed by atoms with Crippen LogP contribution in [0.2, 0.25) is 5.02 Å². The van der Waals surface area contributed by atoms with Crippen LogP contribution < -0.4 is 0 Å². The number of carbonyl (C=O) groups is 1. The number of piperidine rings is 1. The van der Waals surface area contributed by atoms with Crippen LogP contribution in [0.5, 0.6) is 0 Å². The first-order valence-electron chi connectivity index (χ1n) is 8.35. The van der Waals surface area contributed by atoms with Gasteiger partial charge in [0.25, 0.3) is 5.91 Å². The topological polar surface area (TPSA) is 70.0 Å². The molecule has 1 amide bonds. The molecule has 2 heterocycles. The Morgan fingerprint density at radius 3 is 2.62 bits per heavy atom. The maximum atomic E-state index is 12.7. The van der Waals surface area contributed by atoms with Gasteiger partial charge in [0.05, 0.1) is 12.2 Å². The molecule has 1 unspecified atom stereocenters. The van der Waals surface area contributed by atoms with E-state index in [9.17, 15) is 15.0 Å². The van der Waals surface area contributed by atoms with Gasteiger partial charge in [0, 0.05) is 30.1 Å². The van der Waals surface area contributed by atoms with Gasteiger partial charge < -0.3 is 19.8 Å². The van der Waals surface area contributed by atoms with Crippen LogP contribution in [-0.4, -0.2) is 58.0 Å². The van der Waals surface area contributed by atoms with Gasteiger partial charge in [-0.05, 0) is 50.5 Å². The van der Waals surface area contributed by atoms with Gasteiger partial charge in [0.2, 0.25) is 0 Å². The zero-order valence-electron chi connectivity index (χ0n) is 14.1. The summed E-state index contributed by atoms with van der Waals surface area (Å²) in [5.74, 6) is -0.0314. The van der Waals surface area contributed by atoms with Crippen molar-refractivity contribution in [2.45, 2.75) is 50.4 Å². The van der Waals surface area contributed by atoms with Crippen LogP contribution in [0.1, 0.15) is 42.1 Å². The van der Waals surface area contributed by atoms with Gasteiger partial charge in [-0.2, -0.15) is 0 Å². The third-order valence-corrected chi connectivity index (χ3v) is 5.64. The van der Waals surface area contributed by atoms with E-state index in [1.807, 2.05) is 6.92 Å². The number of aliphatic hydroxyl groups is 2. The van der Waals surface area contributed by atoms with Crippen LogP contribution >= 0.6 is 11.6 Å². The van der Waals surface area contributed by atoms with Gasteiger partial charge in [-0.3, -0.25) is 4.79 Å². The molecule has 1 aromatic rings. The van der Waals surface area contributed by atoms with E-state index in [0.29, 0.717) is 49.5 Å². The number of benzene rings is 1. The molecule has 3 rings (SSSR count). The summed E-state index contributed by atoms with van der Waals surface area (Å²) in [5.41, 5.74) is -0.401. The van der Waals surface area contributed by atoms with Crippen LogP contribution in [0.4, 0.5) is 0 Å². The quantitative estimate of drug-likeness (QED) is 0.811. The average molecular weight is 354 g/mol. The second-order valence-corrected chi connectivity index (χ2v) is 7.61. The second kappa shape index (κ2) is 6.30. The van der Waals surface area contributed by atoms with E-state index in [4.69, 9.17) is 16.3 Å². The molecule has 0 bridgehead atoms. The first-order valence-corrected chi connectivity index (χ1v) is 8.73. The van der Waals surface area contributed by atoms with Crippen LogP contribution in [0.15, 0.2) is 18.2 Å². The van der Waals surface area contributed by atoms with Crippen LogP contribution in [-0.2, 0) is 4.74 Å². The molecule has 0 saturated carbocycles. The Morgan fingerprint density at radius 2 is 2.00 bits per heavy atom. The van der Waals surface area contributed by atoms with Crippen molar-refractivity contribution < 1.29 is 19.7 Å². The number of carbonyl (C=O) groups excluding carboxylic acids is 1. The largest absolute Gasteiger partial charge is 0.387 e. The third kappa shape index (κ3) is 3.06. The molecular weight excluding hydrogens is 330 g/mol. The van der Waals surface area contributed by atoms with Crippen molar-refractivity contribution >= 4 is 17.5 Å². The standard InChI is InChI=1S/C18H24ClNO4/c1-12-11-13(19)3-4-14(12)15(21)20-8-5-18(6-9-20)16(22)17(2,23)7-10-24-18/h3-4,11,16,22-23H,5-10H2,1-2H3/t16?,17-/m1/s1. The Hall–Kier alpha value is -1.14. The van der Waals surface area contributed by atoms with E-state index >= 15 is 0 Å². The summed E-state index contributed by atoms with van der Waals surface area (Å²) >= 11 is 5.95. The van der Waals surface area contributed by atoms with Crippen molar-refractivity contribution in [2.75, 3.05) is 19.7 Å². The Balaban J connectivity index is 1.72. The number of halogens is 1. The van der Waals surface area contributed by atoms with E-state index in [-0.39, 0.29) is 5.91 Å². The van der Waals surface area contributed by atoms with Crippen molar-refractivity contribution in [1.29, 1.82) is 0 Å². The SMILES string of the molecule is Cc1cc(Cl)ccc1C(=O)N1CCC2(CC1)OCC[C@@](C)(O)C2O. The Bertz CT molecular complexity index is 638. The number of hydrogen-bond donors (Lipinski definition) is 2. The fourth-order valence-corrected chi connectivity index (χ4v) is 4.01. The van der Waals surface area contributed by atoms with Crippen LogP contribution in [0.3, 0.4) is 0 Å². The van der Waals surface area contributed by atoms with Crippen LogP contribution in [0.25, 0.3) is 0 Å². The minimum Gasteiger partial charge on any atom is -0.387 e. The zero-order valence-corrected chi connectivity index (χ0v) is 14.8. The number of amides is 1. The smallest absolute Gasteiger partial charge is 0.254 e. The van der Waals surface area contributed by atoms with Gasteiger partial charge in [0.15, 0.2) is 0 Å². The lowest BCUT2D eigenvalue weighted by atomic mass is 9.75. The van der Waals surface area contributed by atoms with Gasteiger partial charge >= 0.3 is 0 Å². The Kier molecular flexibility index (Phi) is 4.64. The van der Waals surface area contributed by atoms with E-state index in [2.05, 4.69) is 0 Å². The summed E-state index contributed by atoms with van der Waals surface area (Å²) in [7, 11) is 0. The molecule has 6 heteroatoms. The molecule has 0 radical (unpaired) electrons. The molecule has 2 saturated heterocycles. The number of ether oxygens (including phenoxy) is 1. The molecular formula is C18H24ClNO4. The minimum atomic E-state index is -1.14. The molecule has 2 aliphatic heterocycles. The molecule has 5 nitrogen and oxygen atoms in total. The molecule has 2 aliphatic rings. The van der Waals surface area contributed by atoms with Gasteiger partial charge in [-0.1, -0.05) is 11.6 Å². The van der Waals surface area contributed by atoms with E-state index in [1.54, 1.807) is 30.0 Å². The summed E-state index contributed by atoms with van der Waals surface area (Å²) in [6.45, 7) is 4.93. The minimum absolute atomic E-state index is 0.0314. The Labute approximate surface area is 147 Å². The van der Waals surface area contributed by atoms with Gasteiger partial charge in [0.1, 0.15) is 11.7 Å². The van der Waals surface area contributed by atoms with Gasteiger partial charge in [-0.25, -0.2) is 0 Å². The van der Waals surface area contributed by atoms with E-state index < -0.39 is 17.3 Å². The number of likely N-dealkylation sites (tertiary alicyclic amines) is 1. The summed E-state index contributed by atoms with van der Waals surface area (Å²) in [6, 6.07) is 5.25. The molecule has 0 aliphatic carbocycles. The first-order chi connectivity index (χ1) is 11.3. The predicted octanol–water partition coefficient (Wildman–Crippen LogP) is 2.16. The fourth-order valence-electron chi connectivity index (χ4n) is 3.79. The highest BCUT2D eigenvalue weighted by atomic mass is 35.5. The lowest BCUT2D eigenvalue weighted by molar-refractivity contribution is -0.244. The number of hydrogen-bond acceptors (Lipinski definition) is 4. The molecule has 0 aromatic heterocycles. The maximum Gasteiger partial charge on any atom is 0.254 e. The highest BCUT2D eigenvalue weighted by Crippen LogP contribution is 2.40. The zero-order chi connectivity index (χ0) is 17.5. The fraction of sp³-hybridized carbons (Fsp3) is 0.611. The van der Waals surface area contributed by atoms with E-state index in [1.165, 1.54) is 0 Å². The summed E-state index contributed by atoms with van der Waals surface area (Å²) < 4.78 is 5.86. The molecule has 2 atom stereocenters. The number of rotatable bonds is 1. The number of aliphatic hydroxyl groups excluding tert-OH is 1. The highest BCUT2D eigenvalue weighted by Gasteiger charge is 2.52. The van der Waals surface area contributed by atoms with Crippen molar-refractivity contribution in [3.05, 3.63) is 34.3 Å². The maximum absolute atomic E-state index is 12.7. The lowest BCUT2D eigenvalue weighted by Crippen LogP contribution is -2.64. The molecule has 24 heavy (non-hydrogen) atoms. The van der Waals surface area contributed by atoms with Crippen LogP contribution in [0, 0.1) is 6.92 Å². The lowest BCUT2D eigenvalue weighted by Gasteiger charge is -2.51. The first kappa shape index (κ1) is 17.7. The third-order valence-electron chi connectivity index (χ3n) is 5.40. The molecule has 132 valence electrons. The normalized spacial score (nSPS) is 29.7.